The number of nitrogens with one attached hydrogen (secondary N) is 2. The van der Waals surface area contributed by atoms with Crippen LogP contribution in [-0.2, 0) is 24.1 Å². The summed E-state index contributed by atoms with van der Waals surface area (Å²) in [6.45, 7) is 0. The number of carbonyl (C=O) groups excluding carboxylic acids is 1. The van der Waals surface area contributed by atoms with Crippen molar-refractivity contribution in [3.8, 4) is 0 Å². The van der Waals surface area contributed by atoms with Gasteiger partial charge in [0.1, 0.15) is 6.33 Å². The van der Waals surface area contributed by atoms with Gasteiger partial charge in [-0.15, -0.1) is 5.10 Å². The molecule has 2 heterocycles. The van der Waals surface area contributed by atoms with Crippen LogP contribution in [0.15, 0.2) is 29.3 Å². The van der Waals surface area contributed by atoms with Crippen LogP contribution < -0.4 is 15.7 Å². The van der Waals surface area contributed by atoms with E-state index in [9.17, 15) is 31.2 Å². The molecule has 2 aromatic heterocycles. The van der Waals surface area contributed by atoms with E-state index < -0.39 is 39.9 Å². The lowest BCUT2D eigenvalue weighted by Crippen LogP contribution is -2.27. The van der Waals surface area contributed by atoms with Gasteiger partial charge in [-0.1, -0.05) is 5.21 Å². The highest BCUT2D eigenvalue weighted by molar-refractivity contribution is 7.73. The summed E-state index contributed by atoms with van der Waals surface area (Å²) in [5.41, 5.74) is -3.13. The maximum atomic E-state index is 13.0. The SMILES string of the molecule is Cn1nnc2c(C(=O)Nc3cc(N[SH](=O)=O)cc(C(F)(F)F)c3)ncn2c1=O. The molecule has 0 unspecified atom stereocenters. The Kier molecular flexibility index (Phi) is 4.76. The largest absolute Gasteiger partial charge is 0.416 e. The van der Waals surface area contributed by atoms with Crippen molar-refractivity contribution >= 4 is 33.8 Å². The van der Waals surface area contributed by atoms with E-state index in [0.29, 0.717) is 12.1 Å². The lowest BCUT2D eigenvalue weighted by Gasteiger charge is -2.12. The number of anilines is 2. The minimum Gasteiger partial charge on any atom is -0.320 e. The van der Waals surface area contributed by atoms with Gasteiger partial charge < -0.3 is 5.32 Å². The van der Waals surface area contributed by atoms with Crippen LogP contribution in [0.2, 0.25) is 0 Å². The molecule has 3 rings (SSSR count). The molecular formula is C13H10F3N7O4S. The monoisotopic (exact) mass is 417 g/mol. The Labute approximate surface area is 154 Å². The molecule has 2 N–H and O–H groups in total. The van der Waals surface area contributed by atoms with E-state index in [2.05, 4.69) is 20.6 Å². The Morgan fingerprint density at radius 3 is 2.50 bits per heavy atom. The van der Waals surface area contributed by atoms with E-state index in [1.165, 1.54) is 7.05 Å². The first-order valence-corrected chi connectivity index (χ1v) is 8.46. The van der Waals surface area contributed by atoms with Crippen molar-refractivity contribution in [3.05, 3.63) is 46.3 Å². The van der Waals surface area contributed by atoms with E-state index in [0.717, 1.165) is 21.5 Å². The number of halogens is 3. The Morgan fingerprint density at radius 2 is 1.86 bits per heavy atom. The normalized spacial score (nSPS) is 11.8. The third-order valence-corrected chi connectivity index (χ3v) is 3.89. The highest BCUT2D eigenvalue weighted by Gasteiger charge is 2.31. The number of hydrogen-bond donors (Lipinski definition) is 3. The van der Waals surface area contributed by atoms with Crippen molar-refractivity contribution in [3.63, 3.8) is 0 Å². The van der Waals surface area contributed by atoms with Crippen LogP contribution in [0.1, 0.15) is 16.1 Å². The molecule has 0 radical (unpaired) electrons. The van der Waals surface area contributed by atoms with Crippen molar-refractivity contribution in [2.45, 2.75) is 6.18 Å². The quantitative estimate of drug-likeness (QED) is 0.509. The van der Waals surface area contributed by atoms with Crippen LogP contribution in [0.3, 0.4) is 0 Å². The molecular weight excluding hydrogens is 407 g/mol. The van der Waals surface area contributed by atoms with Crippen molar-refractivity contribution in [2.75, 3.05) is 10.0 Å². The molecule has 11 nitrogen and oxygen atoms in total. The fraction of sp³-hybridized carbons (Fsp3) is 0.154. The van der Waals surface area contributed by atoms with Crippen LogP contribution in [0.5, 0.6) is 0 Å². The molecule has 0 aliphatic heterocycles. The lowest BCUT2D eigenvalue weighted by atomic mass is 10.1. The van der Waals surface area contributed by atoms with E-state index >= 15 is 0 Å². The van der Waals surface area contributed by atoms with Crippen molar-refractivity contribution < 1.29 is 26.4 Å². The van der Waals surface area contributed by atoms with E-state index in [4.69, 9.17) is 0 Å². The van der Waals surface area contributed by atoms with Gasteiger partial charge in [0.25, 0.3) is 5.91 Å². The third kappa shape index (κ3) is 3.78. The summed E-state index contributed by atoms with van der Waals surface area (Å²) in [6, 6.07) is 2.17. The fourth-order valence-corrected chi connectivity index (χ4v) is 2.60. The van der Waals surface area contributed by atoms with Gasteiger partial charge in [-0.05, 0) is 18.2 Å². The Morgan fingerprint density at radius 1 is 1.18 bits per heavy atom. The molecule has 0 spiro atoms. The zero-order valence-corrected chi connectivity index (χ0v) is 14.7. The number of aryl methyl sites for hydroxylation is 1. The number of nitrogens with zero attached hydrogens (tertiary/aromatic N) is 5. The molecule has 0 aliphatic rings. The van der Waals surface area contributed by atoms with Crippen molar-refractivity contribution in [1.29, 1.82) is 0 Å². The third-order valence-electron chi connectivity index (χ3n) is 3.45. The number of hydrogen-bond acceptors (Lipinski definition) is 7. The Balaban J connectivity index is 2.00. The fourth-order valence-electron chi connectivity index (χ4n) is 2.26. The predicted molar refractivity (Wildman–Crippen MR) is 89.4 cm³/mol. The lowest BCUT2D eigenvalue weighted by molar-refractivity contribution is -0.137. The summed E-state index contributed by atoms with van der Waals surface area (Å²) >= 11 is 0. The van der Waals surface area contributed by atoms with Gasteiger partial charge in [0.15, 0.2) is 11.3 Å². The van der Waals surface area contributed by atoms with Gasteiger partial charge >= 0.3 is 11.9 Å². The Hall–Kier alpha value is -3.49. The number of rotatable bonds is 4. The molecule has 1 aromatic carbocycles. The number of alkyl halides is 3. The van der Waals surface area contributed by atoms with E-state index in [-0.39, 0.29) is 17.0 Å². The second-order valence-electron chi connectivity index (χ2n) is 5.40. The summed E-state index contributed by atoms with van der Waals surface area (Å²) in [5, 5.41) is 9.34. The highest BCUT2D eigenvalue weighted by Crippen LogP contribution is 2.33. The number of fused-ring (bicyclic) bond motifs is 1. The van der Waals surface area contributed by atoms with Crippen molar-refractivity contribution in [1.82, 2.24) is 24.4 Å². The summed E-state index contributed by atoms with van der Waals surface area (Å²) in [5.74, 6) is -0.971. The molecule has 148 valence electrons. The standard InChI is InChI=1S/C13H10F3N7O4S/c1-22-12(25)23-5-17-9(10(23)19-21-22)11(24)18-7-2-6(13(14,15)16)3-8(4-7)20-28(26)27/h2-5,28H,1H3,(H,18,24)(H,20,26,27). The molecule has 0 saturated carbocycles. The van der Waals surface area contributed by atoms with E-state index in [1.807, 2.05) is 4.72 Å². The molecule has 0 fully saturated rings. The van der Waals surface area contributed by atoms with Gasteiger partial charge in [-0.25, -0.2) is 22.6 Å². The van der Waals surface area contributed by atoms with Crippen LogP contribution in [0, 0.1) is 0 Å². The summed E-state index contributed by atoms with van der Waals surface area (Å²) < 4.78 is 64.2. The van der Waals surface area contributed by atoms with Crippen molar-refractivity contribution in [2.24, 2.45) is 7.05 Å². The minimum absolute atomic E-state index is 0.200. The smallest absolute Gasteiger partial charge is 0.320 e. The average molecular weight is 417 g/mol. The second kappa shape index (κ2) is 6.91. The second-order valence-corrected chi connectivity index (χ2v) is 6.14. The first-order valence-electron chi connectivity index (χ1n) is 7.28. The van der Waals surface area contributed by atoms with Crippen LogP contribution >= 0.6 is 0 Å². The zero-order valence-electron chi connectivity index (χ0n) is 13.8. The number of aromatic nitrogens is 5. The molecule has 28 heavy (non-hydrogen) atoms. The molecule has 3 aromatic rings. The first kappa shape index (κ1) is 19.3. The minimum atomic E-state index is -4.79. The molecule has 0 aliphatic carbocycles. The predicted octanol–water partition coefficient (Wildman–Crippen LogP) is 0.0324. The number of carbonyl (C=O) groups is 1. The highest BCUT2D eigenvalue weighted by atomic mass is 32.2. The number of thiol groups is 1. The maximum Gasteiger partial charge on any atom is 0.416 e. The molecule has 0 atom stereocenters. The first-order chi connectivity index (χ1) is 13.1. The van der Waals surface area contributed by atoms with Crippen LogP contribution in [0.25, 0.3) is 5.65 Å². The molecule has 15 heteroatoms. The molecule has 0 saturated heterocycles. The zero-order chi connectivity index (χ0) is 20.6. The maximum absolute atomic E-state index is 13.0. The van der Waals surface area contributed by atoms with Gasteiger partial charge in [0, 0.05) is 12.7 Å². The number of imidazole rings is 1. The van der Waals surface area contributed by atoms with Gasteiger partial charge in [0.05, 0.1) is 11.3 Å². The summed E-state index contributed by atoms with van der Waals surface area (Å²) in [4.78, 5) is 28.0. The molecule has 0 bridgehead atoms. The van der Waals surface area contributed by atoms with Gasteiger partial charge in [-0.3, -0.25) is 9.52 Å². The summed E-state index contributed by atoms with van der Waals surface area (Å²) in [7, 11) is -1.90. The van der Waals surface area contributed by atoms with Gasteiger partial charge in [-0.2, -0.15) is 17.9 Å². The Bertz CT molecular complexity index is 1210. The summed E-state index contributed by atoms with van der Waals surface area (Å²) in [6.07, 6.45) is -3.77. The number of amides is 1. The molecule has 1 amide bonds. The van der Waals surface area contributed by atoms with E-state index in [1.54, 1.807) is 0 Å². The van der Waals surface area contributed by atoms with Crippen LogP contribution in [-0.4, -0.2) is 38.7 Å². The topological polar surface area (TPSA) is 140 Å². The van der Waals surface area contributed by atoms with Crippen LogP contribution in [0.4, 0.5) is 24.5 Å². The number of benzene rings is 1. The van der Waals surface area contributed by atoms with Gasteiger partial charge in [0.2, 0.25) is 10.9 Å². The average Bonchev–Trinajstić information content (AvgIpc) is 3.01.